The Kier molecular flexibility index (Phi) is 2.71. The lowest BCUT2D eigenvalue weighted by molar-refractivity contribution is -0.190. The first kappa shape index (κ1) is 9.75. The van der Waals surface area contributed by atoms with Crippen LogP contribution in [-0.2, 0) is 0 Å². The lowest BCUT2D eigenvalue weighted by Gasteiger charge is -2.30. The molecule has 0 aromatic heterocycles. The summed E-state index contributed by atoms with van der Waals surface area (Å²) in [6.45, 7) is 2.65. The summed E-state index contributed by atoms with van der Waals surface area (Å²) < 4.78 is 36.1. The maximum absolute atomic E-state index is 12.0. The molecule has 0 amide bonds. The molecule has 0 saturated heterocycles. The number of halogens is 3. The molecule has 1 N–H and O–H groups in total. The molecule has 0 heterocycles. The molecule has 62 valence electrons. The molecule has 0 rings (SSSR count). The normalized spacial score (nSPS) is 18.6. The first-order valence-corrected chi connectivity index (χ1v) is 3.13. The van der Waals surface area contributed by atoms with Gasteiger partial charge in [0.2, 0.25) is 0 Å². The van der Waals surface area contributed by atoms with Gasteiger partial charge in [-0.05, 0) is 20.4 Å². The molecule has 0 spiro atoms. The highest BCUT2D eigenvalue weighted by molar-refractivity contribution is 4.87. The summed E-state index contributed by atoms with van der Waals surface area (Å²) in [4.78, 5) is 0. The number of rotatable bonds is 2. The molecule has 0 aliphatic carbocycles. The summed E-state index contributed by atoms with van der Waals surface area (Å²) in [7, 11) is 1.32. The molecular weight excluding hydrogens is 143 g/mol. The molecule has 0 bridgehead atoms. The number of hydrogen-bond donors (Lipinski definition) is 1. The Labute approximate surface area is 58.6 Å². The summed E-state index contributed by atoms with van der Waals surface area (Å²) in [6.07, 6.45) is -4.11. The van der Waals surface area contributed by atoms with Gasteiger partial charge < -0.3 is 5.32 Å². The van der Waals surface area contributed by atoms with Crippen LogP contribution in [0.25, 0.3) is 0 Å². The van der Waals surface area contributed by atoms with E-state index in [1.54, 1.807) is 0 Å². The molecule has 10 heavy (non-hydrogen) atoms. The highest BCUT2D eigenvalue weighted by Gasteiger charge is 2.48. The Morgan fingerprint density at radius 1 is 1.30 bits per heavy atom. The van der Waals surface area contributed by atoms with Crippen LogP contribution in [0.5, 0.6) is 0 Å². The number of nitrogens with one attached hydrogen (secondary N) is 1. The van der Waals surface area contributed by atoms with Crippen LogP contribution in [0.2, 0.25) is 0 Å². The van der Waals surface area contributed by atoms with E-state index in [1.165, 1.54) is 14.0 Å². The predicted octanol–water partition coefficient (Wildman–Crippen LogP) is 1.94. The average molecular weight is 155 g/mol. The van der Waals surface area contributed by atoms with E-state index in [0.717, 1.165) is 6.92 Å². The first-order chi connectivity index (χ1) is 4.37. The third-order valence-electron chi connectivity index (χ3n) is 1.88. The van der Waals surface area contributed by atoms with Crippen molar-refractivity contribution in [3.8, 4) is 0 Å². The second-order valence-corrected chi connectivity index (χ2v) is 2.43. The van der Waals surface area contributed by atoms with Crippen molar-refractivity contribution in [2.24, 2.45) is 0 Å². The quantitative estimate of drug-likeness (QED) is 0.642. The minimum absolute atomic E-state index is 0.0486. The Balaban J connectivity index is 4.33. The van der Waals surface area contributed by atoms with E-state index in [0.29, 0.717) is 0 Å². The van der Waals surface area contributed by atoms with Crippen molar-refractivity contribution in [3.63, 3.8) is 0 Å². The second kappa shape index (κ2) is 2.78. The standard InChI is InChI=1S/C6H12F3N/c1-4-5(2,10-3)6(7,8)9/h10H,4H2,1-3H3. The summed E-state index contributed by atoms with van der Waals surface area (Å²) in [5.41, 5.74) is -1.73. The molecule has 0 radical (unpaired) electrons. The van der Waals surface area contributed by atoms with E-state index < -0.39 is 11.7 Å². The minimum Gasteiger partial charge on any atom is -0.307 e. The molecule has 0 fully saturated rings. The molecule has 1 nitrogen and oxygen atoms in total. The maximum Gasteiger partial charge on any atom is 0.406 e. The van der Waals surface area contributed by atoms with Crippen molar-refractivity contribution >= 4 is 0 Å². The lowest BCUT2D eigenvalue weighted by atomic mass is 9.99. The molecule has 4 heteroatoms. The predicted molar refractivity (Wildman–Crippen MR) is 33.8 cm³/mol. The summed E-state index contributed by atoms with van der Waals surface area (Å²) >= 11 is 0. The lowest BCUT2D eigenvalue weighted by Crippen LogP contribution is -2.52. The fourth-order valence-corrected chi connectivity index (χ4v) is 0.519. The van der Waals surface area contributed by atoms with E-state index in [-0.39, 0.29) is 6.42 Å². The summed E-state index contributed by atoms with van der Waals surface area (Å²) in [5.74, 6) is 0. The summed E-state index contributed by atoms with van der Waals surface area (Å²) in [6, 6.07) is 0. The Morgan fingerprint density at radius 2 is 1.70 bits per heavy atom. The molecule has 0 saturated carbocycles. The third-order valence-corrected chi connectivity index (χ3v) is 1.88. The van der Waals surface area contributed by atoms with Crippen molar-refractivity contribution in [1.29, 1.82) is 0 Å². The molecular formula is C6H12F3N. The fraction of sp³-hybridized carbons (Fsp3) is 1.00. The van der Waals surface area contributed by atoms with Crippen LogP contribution in [-0.4, -0.2) is 18.8 Å². The molecule has 0 aliphatic rings. The van der Waals surface area contributed by atoms with Crippen LogP contribution in [0.4, 0.5) is 13.2 Å². The smallest absolute Gasteiger partial charge is 0.307 e. The van der Waals surface area contributed by atoms with E-state index in [9.17, 15) is 13.2 Å². The van der Waals surface area contributed by atoms with Gasteiger partial charge in [-0.3, -0.25) is 0 Å². The van der Waals surface area contributed by atoms with Crippen molar-refractivity contribution < 1.29 is 13.2 Å². The molecule has 0 aliphatic heterocycles. The van der Waals surface area contributed by atoms with Crippen molar-refractivity contribution in [1.82, 2.24) is 5.32 Å². The molecule has 1 unspecified atom stereocenters. The van der Waals surface area contributed by atoms with E-state index in [2.05, 4.69) is 5.32 Å². The largest absolute Gasteiger partial charge is 0.406 e. The monoisotopic (exact) mass is 155 g/mol. The second-order valence-electron chi connectivity index (χ2n) is 2.43. The highest BCUT2D eigenvalue weighted by atomic mass is 19.4. The summed E-state index contributed by atoms with van der Waals surface area (Å²) in [5, 5.41) is 2.24. The fourth-order valence-electron chi connectivity index (χ4n) is 0.519. The topological polar surface area (TPSA) is 12.0 Å². The van der Waals surface area contributed by atoms with Crippen LogP contribution in [0.3, 0.4) is 0 Å². The van der Waals surface area contributed by atoms with Gasteiger partial charge in [0.1, 0.15) is 5.54 Å². The van der Waals surface area contributed by atoms with Gasteiger partial charge in [0.25, 0.3) is 0 Å². The van der Waals surface area contributed by atoms with E-state index >= 15 is 0 Å². The van der Waals surface area contributed by atoms with Crippen molar-refractivity contribution in [2.45, 2.75) is 32.0 Å². The zero-order valence-electron chi connectivity index (χ0n) is 6.34. The number of alkyl halides is 3. The Bertz CT molecular complexity index is 104. The van der Waals surface area contributed by atoms with Crippen LogP contribution in [0, 0.1) is 0 Å². The average Bonchev–Trinajstić information content (AvgIpc) is 1.84. The van der Waals surface area contributed by atoms with Crippen LogP contribution >= 0.6 is 0 Å². The van der Waals surface area contributed by atoms with Crippen molar-refractivity contribution in [2.75, 3.05) is 7.05 Å². The number of hydrogen-bond acceptors (Lipinski definition) is 1. The molecule has 1 atom stereocenters. The van der Waals surface area contributed by atoms with Crippen LogP contribution in [0.1, 0.15) is 20.3 Å². The Morgan fingerprint density at radius 3 is 1.70 bits per heavy atom. The zero-order valence-corrected chi connectivity index (χ0v) is 6.34. The molecule has 0 aromatic carbocycles. The third kappa shape index (κ3) is 1.62. The van der Waals surface area contributed by atoms with Gasteiger partial charge in [0.05, 0.1) is 0 Å². The van der Waals surface area contributed by atoms with Gasteiger partial charge in [0, 0.05) is 0 Å². The Hall–Kier alpha value is -0.250. The minimum atomic E-state index is -4.16. The van der Waals surface area contributed by atoms with Crippen LogP contribution < -0.4 is 5.32 Å². The molecule has 0 aromatic rings. The van der Waals surface area contributed by atoms with Gasteiger partial charge in [-0.2, -0.15) is 13.2 Å². The van der Waals surface area contributed by atoms with E-state index in [4.69, 9.17) is 0 Å². The SMILES string of the molecule is CCC(C)(NC)C(F)(F)F. The van der Waals surface area contributed by atoms with Gasteiger partial charge in [-0.25, -0.2) is 0 Å². The maximum atomic E-state index is 12.0. The van der Waals surface area contributed by atoms with Gasteiger partial charge in [-0.15, -0.1) is 0 Å². The van der Waals surface area contributed by atoms with E-state index in [1.807, 2.05) is 0 Å². The van der Waals surface area contributed by atoms with Crippen LogP contribution in [0.15, 0.2) is 0 Å². The zero-order chi connectivity index (χ0) is 8.41. The van der Waals surface area contributed by atoms with Gasteiger partial charge >= 0.3 is 6.18 Å². The van der Waals surface area contributed by atoms with Crippen molar-refractivity contribution in [3.05, 3.63) is 0 Å². The van der Waals surface area contributed by atoms with Gasteiger partial charge in [0.15, 0.2) is 0 Å². The van der Waals surface area contributed by atoms with Gasteiger partial charge in [-0.1, -0.05) is 6.92 Å². The first-order valence-electron chi connectivity index (χ1n) is 3.13. The highest BCUT2D eigenvalue weighted by Crippen LogP contribution is 2.31.